The van der Waals surface area contributed by atoms with Crippen LogP contribution in [0.3, 0.4) is 0 Å². The van der Waals surface area contributed by atoms with E-state index in [4.69, 9.17) is 30.1 Å². The predicted octanol–water partition coefficient (Wildman–Crippen LogP) is 4.67. The highest BCUT2D eigenvalue weighted by Gasteiger charge is 2.63. The lowest BCUT2D eigenvalue weighted by molar-refractivity contribution is -0.199. The van der Waals surface area contributed by atoms with Crippen molar-refractivity contribution in [2.24, 2.45) is 0 Å². The van der Waals surface area contributed by atoms with E-state index in [0.29, 0.717) is 11.1 Å². The molecule has 1 amide bonds. The number of aryl methyl sites for hydroxylation is 2. The molecule has 0 aromatic heterocycles. The second kappa shape index (κ2) is 11.3. The molecule has 2 aromatic carbocycles. The molecule has 2 aliphatic heterocycles. The molecular weight excluding hydrogens is 565 g/mol. The summed E-state index contributed by atoms with van der Waals surface area (Å²) in [6.07, 6.45) is -11.5. The van der Waals surface area contributed by atoms with E-state index in [2.05, 4.69) is 0 Å². The summed E-state index contributed by atoms with van der Waals surface area (Å²) in [6, 6.07) is 13.0. The Morgan fingerprint density at radius 2 is 1.59 bits per heavy atom. The molecule has 14 heteroatoms. The van der Waals surface area contributed by atoms with Crippen molar-refractivity contribution in [1.29, 1.82) is 0 Å². The van der Waals surface area contributed by atoms with Crippen LogP contribution in [0, 0.1) is 13.8 Å². The first-order valence-electron chi connectivity index (χ1n) is 11.6. The Morgan fingerprint density at radius 3 is 2.08 bits per heavy atom. The maximum Gasteiger partial charge on any atom is 0.435 e. The third kappa shape index (κ3) is 6.17. The van der Waals surface area contributed by atoms with E-state index in [-0.39, 0.29) is 11.5 Å². The molecule has 1 fully saturated rings. The average molecular weight is 590 g/mol. The van der Waals surface area contributed by atoms with Crippen LogP contribution in [0.25, 0.3) is 0 Å². The highest BCUT2D eigenvalue weighted by Crippen LogP contribution is 2.52. The summed E-state index contributed by atoms with van der Waals surface area (Å²) >= 11 is 5.48. The first-order chi connectivity index (χ1) is 18.3. The number of aliphatic hydroxyl groups excluding tert-OH is 1. The molecular formula is C25H24F4NO7PS. The Labute approximate surface area is 226 Å². The van der Waals surface area contributed by atoms with Crippen LogP contribution in [0.5, 0.6) is 11.5 Å². The van der Waals surface area contributed by atoms with Gasteiger partial charge in [0.2, 0.25) is 11.7 Å². The van der Waals surface area contributed by atoms with Crippen LogP contribution in [0.2, 0.25) is 0 Å². The maximum absolute atomic E-state index is 15.1. The average Bonchev–Trinajstić information content (AvgIpc) is 3.14. The number of ketones is 1. The van der Waals surface area contributed by atoms with Crippen molar-refractivity contribution < 1.29 is 50.6 Å². The van der Waals surface area contributed by atoms with E-state index in [1.54, 1.807) is 48.5 Å². The van der Waals surface area contributed by atoms with Crippen LogP contribution in [-0.4, -0.2) is 58.8 Å². The van der Waals surface area contributed by atoms with E-state index in [0.717, 1.165) is 11.1 Å². The van der Waals surface area contributed by atoms with Crippen LogP contribution in [0.4, 0.5) is 17.6 Å². The monoisotopic (exact) mass is 589 g/mol. The number of rotatable bonds is 9. The molecule has 8 nitrogen and oxygen atoms in total. The Balaban J connectivity index is 1.62. The van der Waals surface area contributed by atoms with Gasteiger partial charge < -0.3 is 18.9 Å². The zero-order valence-electron chi connectivity index (χ0n) is 20.6. The summed E-state index contributed by atoms with van der Waals surface area (Å²) in [5.41, 5.74) is -1.25. The third-order valence-corrected chi connectivity index (χ3v) is 8.18. The van der Waals surface area contributed by atoms with Crippen molar-refractivity contribution in [2.75, 3.05) is 6.61 Å². The van der Waals surface area contributed by atoms with Gasteiger partial charge in [-0.25, -0.2) is 17.6 Å². The molecule has 0 unspecified atom stereocenters. The van der Waals surface area contributed by atoms with Gasteiger partial charge in [-0.05, 0) is 38.1 Å². The number of carbonyl (C=O) groups excluding carboxylic acids is 2. The normalized spacial score (nSPS) is 25.7. The van der Waals surface area contributed by atoms with Crippen molar-refractivity contribution in [3.05, 3.63) is 71.7 Å². The van der Waals surface area contributed by atoms with Gasteiger partial charge >= 0.3 is 6.72 Å². The van der Waals surface area contributed by atoms with Crippen molar-refractivity contribution in [1.82, 2.24) is 4.90 Å². The fourth-order valence-electron chi connectivity index (χ4n) is 3.86. The number of allylic oxidation sites excluding steroid dienone is 1. The van der Waals surface area contributed by atoms with Crippen LogP contribution < -0.4 is 9.05 Å². The van der Waals surface area contributed by atoms with Crippen molar-refractivity contribution >= 4 is 30.2 Å². The Bertz CT molecular complexity index is 1260. The number of amides is 1. The lowest BCUT2D eigenvalue weighted by Crippen LogP contribution is -2.52. The SMILES string of the molecule is Cc1ccc(OP(=S)(OC[C@@]2(C(F)F)O[C@@H](N3C=C(F)C(=O)CC3=O)[C@@H](F)[C@@H]2O)Oc2ccc(C)cc2)cc1. The predicted molar refractivity (Wildman–Crippen MR) is 134 cm³/mol. The quantitative estimate of drug-likeness (QED) is 0.256. The van der Waals surface area contributed by atoms with Gasteiger partial charge in [-0.15, -0.1) is 0 Å². The van der Waals surface area contributed by atoms with Crippen molar-refractivity contribution in [3.63, 3.8) is 0 Å². The molecule has 4 atom stereocenters. The Morgan fingerprint density at radius 1 is 1.08 bits per heavy atom. The Hall–Kier alpha value is -2.83. The number of nitrogens with zero attached hydrogens (tertiary/aromatic N) is 1. The molecule has 39 heavy (non-hydrogen) atoms. The molecule has 2 aromatic rings. The standard InChI is InChI=1S/C25H24F4NO7PS/c1-14-3-7-16(8-4-14)36-38(39,37-17-9-5-15(2)6-10-17)34-13-25(24(28)29)22(33)21(27)23(35-25)30-12-18(26)19(31)11-20(30)32/h3-10,12,21-24,33H,11,13H2,1-2H3/t21-,22-,23+,25+/m0/s1. The molecule has 0 radical (unpaired) electrons. The number of ether oxygens (including phenoxy) is 1. The zero-order valence-corrected chi connectivity index (χ0v) is 22.3. The molecule has 0 spiro atoms. The van der Waals surface area contributed by atoms with Gasteiger partial charge in [0.15, 0.2) is 23.8 Å². The van der Waals surface area contributed by atoms with Gasteiger partial charge in [-0.1, -0.05) is 35.4 Å². The van der Waals surface area contributed by atoms with Crippen molar-refractivity contribution in [2.45, 2.75) is 50.8 Å². The number of carbonyl (C=O) groups is 2. The summed E-state index contributed by atoms with van der Waals surface area (Å²) in [6.45, 7) is -1.52. The van der Waals surface area contributed by atoms with Crippen molar-refractivity contribution in [3.8, 4) is 11.5 Å². The van der Waals surface area contributed by atoms with Gasteiger partial charge in [0.1, 0.15) is 17.6 Å². The summed E-state index contributed by atoms with van der Waals surface area (Å²) in [7, 11) is 0. The van der Waals surface area contributed by atoms with Gasteiger partial charge in [0, 0.05) is 18.0 Å². The Kier molecular flexibility index (Phi) is 8.48. The minimum absolute atomic E-state index is 0.195. The van der Waals surface area contributed by atoms with E-state index < -0.39 is 67.8 Å². The first-order valence-corrected chi connectivity index (χ1v) is 14.2. The molecule has 0 aliphatic carbocycles. The molecule has 1 saturated heterocycles. The number of aliphatic hydroxyl groups is 1. The molecule has 4 rings (SSSR count). The second-order valence-electron chi connectivity index (χ2n) is 9.06. The van der Waals surface area contributed by atoms with Crippen LogP contribution >= 0.6 is 6.72 Å². The number of alkyl halides is 3. The summed E-state index contributed by atoms with van der Waals surface area (Å²) < 4.78 is 80.2. The molecule has 0 bridgehead atoms. The van der Waals surface area contributed by atoms with Gasteiger partial charge in [0.25, 0.3) is 6.43 Å². The van der Waals surface area contributed by atoms with E-state index >= 15 is 4.39 Å². The fraction of sp³-hybridized carbons (Fsp3) is 0.360. The largest absolute Gasteiger partial charge is 0.435 e. The smallest absolute Gasteiger partial charge is 0.416 e. The number of hydrogen-bond acceptors (Lipinski definition) is 8. The number of Topliss-reactive ketones (excluding diaryl/α,β-unsaturated/α-hetero) is 1. The minimum atomic E-state index is -3.97. The topological polar surface area (TPSA) is 94.5 Å². The highest BCUT2D eigenvalue weighted by atomic mass is 32.5. The molecule has 2 aliphatic rings. The number of halogens is 4. The number of hydrogen-bond donors (Lipinski definition) is 1. The van der Waals surface area contributed by atoms with E-state index in [1.165, 1.54) is 0 Å². The van der Waals surface area contributed by atoms with Crippen LogP contribution in [-0.2, 0) is 30.7 Å². The lowest BCUT2D eigenvalue weighted by atomic mass is 9.97. The molecule has 1 N–H and O–H groups in total. The summed E-state index contributed by atoms with van der Waals surface area (Å²) in [5, 5.41) is 10.5. The third-order valence-electron chi connectivity index (χ3n) is 6.10. The van der Waals surface area contributed by atoms with E-state index in [1.807, 2.05) is 13.8 Å². The van der Waals surface area contributed by atoms with Gasteiger partial charge in [0.05, 0.1) is 13.0 Å². The molecule has 0 saturated carbocycles. The summed E-state index contributed by atoms with van der Waals surface area (Å²) in [5.74, 6) is -3.25. The van der Waals surface area contributed by atoms with Gasteiger partial charge in [-0.2, -0.15) is 0 Å². The molecule has 2 heterocycles. The first kappa shape index (κ1) is 29.2. The van der Waals surface area contributed by atoms with Crippen LogP contribution in [0.1, 0.15) is 17.5 Å². The van der Waals surface area contributed by atoms with E-state index in [9.17, 15) is 27.9 Å². The summed E-state index contributed by atoms with van der Waals surface area (Å²) in [4.78, 5) is 24.0. The maximum atomic E-state index is 15.1. The highest BCUT2D eigenvalue weighted by molar-refractivity contribution is 8.07. The number of benzene rings is 2. The minimum Gasteiger partial charge on any atom is -0.416 e. The molecule has 210 valence electrons. The van der Waals surface area contributed by atoms with Crippen LogP contribution in [0.15, 0.2) is 60.6 Å². The fourth-order valence-corrected chi connectivity index (χ4v) is 5.80. The lowest BCUT2D eigenvalue weighted by Gasteiger charge is -2.34. The zero-order chi connectivity index (χ0) is 28.5. The van der Waals surface area contributed by atoms with Gasteiger partial charge in [-0.3, -0.25) is 19.0 Å². The second-order valence-corrected chi connectivity index (χ2v) is 11.9.